The number of amides is 1. The quantitative estimate of drug-likeness (QED) is 0.651. The first-order valence-corrected chi connectivity index (χ1v) is 11.8. The van der Waals surface area contributed by atoms with Crippen LogP contribution in [-0.4, -0.2) is 53.1 Å². The number of sulfonamides is 1. The van der Waals surface area contributed by atoms with Gasteiger partial charge in [-0.3, -0.25) is 9.10 Å². The van der Waals surface area contributed by atoms with E-state index in [2.05, 4.69) is 6.92 Å². The van der Waals surface area contributed by atoms with E-state index in [1.807, 2.05) is 6.92 Å². The lowest BCUT2D eigenvalue weighted by Gasteiger charge is -2.33. The van der Waals surface area contributed by atoms with E-state index in [-0.39, 0.29) is 17.3 Å². The number of hydrogen-bond acceptors (Lipinski definition) is 5. The van der Waals surface area contributed by atoms with Crippen molar-refractivity contribution in [2.45, 2.75) is 31.6 Å². The molecule has 3 rings (SSSR count). The number of carbonyl (C=O) groups is 1. The van der Waals surface area contributed by atoms with E-state index in [1.165, 1.54) is 14.2 Å². The number of ether oxygens (including phenoxy) is 2. The average molecular weight is 447 g/mol. The number of rotatable bonds is 7. The van der Waals surface area contributed by atoms with E-state index in [1.54, 1.807) is 47.4 Å². The molecule has 8 heteroatoms. The summed E-state index contributed by atoms with van der Waals surface area (Å²) in [5.41, 5.74) is 1.30. The molecule has 0 unspecified atom stereocenters. The van der Waals surface area contributed by atoms with Crippen LogP contribution < -0.4 is 13.8 Å². The van der Waals surface area contributed by atoms with Gasteiger partial charge in [-0.1, -0.05) is 24.6 Å². The number of methoxy groups -OCH3 is 2. The SMILES string of the molecule is COc1ccc(N(CC(=O)N2CCC[C@H](C)C2)S(=O)(=O)c2ccc(C)cc2)cc1OC. The highest BCUT2D eigenvalue weighted by Crippen LogP contribution is 2.34. The number of aryl methyl sites for hydroxylation is 1. The highest BCUT2D eigenvalue weighted by atomic mass is 32.2. The van der Waals surface area contributed by atoms with Crippen LogP contribution in [0.2, 0.25) is 0 Å². The van der Waals surface area contributed by atoms with Crippen molar-refractivity contribution >= 4 is 21.6 Å². The van der Waals surface area contributed by atoms with Gasteiger partial charge >= 0.3 is 0 Å². The van der Waals surface area contributed by atoms with Gasteiger partial charge in [-0.2, -0.15) is 0 Å². The van der Waals surface area contributed by atoms with Crippen LogP contribution in [0.4, 0.5) is 5.69 Å². The Morgan fingerprint density at radius 2 is 1.77 bits per heavy atom. The minimum atomic E-state index is -3.97. The van der Waals surface area contributed by atoms with Crippen molar-refractivity contribution in [2.24, 2.45) is 5.92 Å². The number of likely N-dealkylation sites (tertiary alicyclic amines) is 1. The lowest BCUT2D eigenvalue weighted by atomic mass is 10.0. The normalized spacial score (nSPS) is 16.6. The molecule has 1 aliphatic rings. The zero-order valence-electron chi connectivity index (χ0n) is 18.5. The molecule has 0 spiro atoms. The Morgan fingerprint density at radius 1 is 1.10 bits per heavy atom. The summed E-state index contributed by atoms with van der Waals surface area (Å²) >= 11 is 0. The van der Waals surface area contributed by atoms with Gasteiger partial charge in [0.2, 0.25) is 5.91 Å². The van der Waals surface area contributed by atoms with Crippen molar-refractivity contribution in [3.63, 3.8) is 0 Å². The maximum absolute atomic E-state index is 13.6. The molecule has 2 aromatic carbocycles. The van der Waals surface area contributed by atoms with Crippen molar-refractivity contribution in [3.8, 4) is 11.5 Å². The smallest absolute Gasteiger partial charge is 0.264 e. The Morgan fingerprint density at radius 3 is 2.39 bits per heavy atom. The second-order valence-corrected chi connectivity index (χ2v) is 9.81. The van der Waals surface area contributed by atoms with E-state index in [0.29, 0.717) is 36.2 Å². The van der Waals surface area contributed by atoms with Gasteiger partial charge in [0.15, 0.2) is 11.5 Å². The van der Waals surface area contributed by atoms with Crippen LogP contribution in [0.1, 0.15) is 25.3 Å². The standard InChI is InChI=1S/C23H30N2O5S/c1-17-7-10-20(11-8-17)31(27,28)25(16-23(26)24-13-5-6-18(2)15-24)19-9-12-21(29-3)22(14-19)30-4/h7-12,14,18H,5-6,13,15-16H2,1-4H3/t18-/m0/s1. The van der Waals surface area contributed by atoms with Gasteiger partial charge in [-0.25, -0.2) is 8.42 Å². The van der Waals surface area contributed by atoms with Gasteiger partial charge < -0.3 is 14.4 Å². The van der Waals surface area contributed by atoms with E-state index in [9.17, 15) is 13.2 Å². The highest BCUT2D eigenvalue weighted by molar-refractivity contribution is 7.92. The molecule has 0 saturated carbocycles. The summed E-state index contributed by atoms with van der Waals surface area (Å²) in [7, 11) is -0.973. The largest absolute Gasteiger partial charge is 0.493 e. The lowest BCUT2D eigenvalue weighted by molar-refractivity contribution is -0.131. The number of anilines is 1. The first-order chi connectivity index (χ1) is 14.8. The Labute approximate surface area is 184 Å². The summed E-state index contributed by atoms with van der Waals surface area (Å²) in [5.74, 6) is 1.07. The maximum Gasteiger partial charge on any atom is 0.264 e. The number of hydrogen-bond donors (Lipinski definition) is 0. The number of benzene rings is 2. The Kier molecular flexibility index (Phi) is 7.10. The average Bonchev–Trinajstić information content (AvgIpc) is 2.77. The van der Waals surface area contributed by atoms with Crippen LogP contribution in [0.3, 0.4) is 0 Å². The summed E-state index contributed by atoms with van der Waals surface area (Å²) < 4.78 is 38.9. The second kappa shape index (κ2) is 9.60. The van der Waals surface area contributed by atoms with Gasteiger partial charge in [0.1, 0.15) is 6.54 Å². The van der Waals surface area contributed by atoms with Crippen LogP contribution in [0.25, 0.3) is 0 Å². The molecule has 2 aromatic rings. The van der Waals surface area contributed by atoms with Crippen molar-refractivity contribution in [1.29, 1.82) is 0 Å². The molecule has 31 heavy (non-hydrogen) atoms. The fraction of sp³-hybridized carbons (Fsp3) is 0.435. The molecule has 0 aliphatic carbocycles. The van der Waals surface area contributed by atoms with Gasteiger partial charge in [0, 0.05) is 19.2 Å². The zero-order valence-corrected chi connectivity index (χ0v) is 19.3. The third kappa shape index (κ3) is 5.12. The molecule has 0 radical (unpaired) electrons. The highest BCUT2D eigenvalue weighted by Gasteiger charge is 2.31. The summed E-state index contributed by atoms with van der Waals surface area (Å²) in [4.78, 5) is 15.0. The fourth-order valence-electron chi connectivity index (χ4n) is 3.77. The minimum absolute atomic E-state index is 0.132. The second-order valence-electron chi connectivity index (χ2n) is 7.95. The van der Waals surface area contributed by atoms with Gasteiger partial charge in [0.25, 0.3) is 10.0 Å². The topological polar surface area (TPSA) is 76.2 Å². The van der Waals surface area contributed by atoms with E-state index in [4.69, 9.17) is 9.47 Å². The number of piperidine rings is 1. The Balaban J connectivity index is 2.01. The summed E-state index contributed by atoms with van der Waals surface area (Å²) in [5, 5.41) is 0. The molecule has 0 aromatic heterocycles. The zero-order chi connectivity index (χ0) is 22.6. The predicted molar refractivity (Wildman–Crippen MR) is 120 cm³/mol. The van der Waals surface area contributed by atoms with Crippen LogP contribution in [0, 0.1) is 12.8 Å². The van der Waals surface area contributed by atoms with Crippen LogP contribution in [0.15, 0.2) is 47.4 Å². The molecular formula is C23H30N2O5S. The molecule has 0 bridgehead atoms. The maximum atomic E-state index is 13.6. The van der Waals surface area contributed by atoms with E-state index < -0.39 is 10.0 Å². The van der Waals surface area contributed by atoms with Crippen molar-refractivity contribution in [1.82, 2.24) is 4.90 Å². The molecule has 1 saturated heterocycles. The first kappa shape index (κ1) is 22.9. The molecule has 168 valence electrons. The third-order valence-corrected chi connectivity index (χ3v) is 7.34. The first-order valence-electron chi connectivity index (χ1n) is 10.4. The summed E-state index contributed by atoms with van der Waals surface area (Å²) in [6.45, 7) is 5.01. The molecule has 0 N–H and O–H groups in total. The minimum Gasteiger partial charge on any atom is -0.493 e. The van der Waals surface area contributed by atoms with Crippen molar-refractivity contribution in [2.75, 3.05) is 38.2 Å². The van der Waals surface area contributed by atoms with Crippen molar-refractivity contribution < 1.29 is 22.7 Å². The Hall–Kier alpha value is -2.74. The monoisotopic (exact) mass is 446 g/mol. The van der Waals surface area contributed by atoms with Crippen LogP contribution >= 0.6 is 0 Å². The third-order valence-electron chi connectivity index (χ3n) is 5.55. The van der Waals surface area contributed by atoms with Gasteiger partial charge in [-0.05, 0) is 49.9 Å². The fourth-order valence-corrected chi connectivity index (χ4v) is 5.18. The molecule has 7 nitrogen and oxygen atoms in total. The molecule has 1 heterocycles. The van der Waals surface area contributed by atoms with Crippen molar-refractivity contribution in [3.05, 3.63) is 48.0 Å². The molecule has 1 atom stereocenters. The predicted octanol–water partition coefficient (Wildman–Crippen LogP) is 3.47. The Bertz CT molecular complexity index is 1020. The molecule has 1 aliphatic heterocycles. The molecule has 1 amide bonds. The van der Waals surface area contributed by atoms with Crippen LogP contribution in [-0.2, 0) is 14.8 Å². The van der Waals surface area contributed by atoms with E-state index >= 15 is 0 Å². The van der Waals surface area contributed by atoms with Crippen LogP contribution in [0.5, 0.6) is 11.5 Å². The molecular weight excluding hydrogens is 416 g/mol. The molecule has 1 fully saturated rings. The van der Waals surface area contributed by atoms with E-state index in [0.717, 1.165) is 22.7 Å². The number of nitrogens with zero attached hydrogens (tertiary/aromatic N) is 2. The van der Waals surface area contributed by atoms with Gasteiger partial charge in [0.05, 0.1) is 24.8 Å². The lowest BCUT2D eigenvalue weighted by Crippen LogP contribution is -2.46. The summed E-state index contributed by atoms with van der Waals surface area (Å²) in [6, 6.07) is 11.5. The van der Waals surface area contributed by atoms with Gasteiger partial charge in [-0.15, -0.1) is 0 Å². The summed E-state index contributed by atoms with van der Waals surface area (Å²) in [6.07, 6.45) is 2.00. The number of carbonyl (C=O) groups excluding carboxylic acids is 1.